The van der Waals surface area contributed by atoms with Crippen LogP contribution in [0.1, 0.15) is 46.0 Å². The van der Waals surface area contributed by atoms with Gasteiger partial charge in [0.2, 0.25) is 11.7 Å². The molecule has 214 valence electrons. The molecule has 15 heteroatoms. The highest BCUT2D eigenvalue weighted by atomic mass is 35.5. The molecule has 2 aromatic heterocycles. The second-order valence-corrected chi connectivity index (χ2v) is 9.12. The number of aromatic nitrogens is 4. The molecule has 0 aliphatic carbocycles. The lowest BCUT2D eigenvalue weighted by Crippen LogP contribution is -2.28. The Morgan fingerprint density at radius 3 is 2.27 bits per heavy atom. The number of para-hydroxylation sites is 1. The van der Waals surface area contributed by atoms with Crippen molar-refractivity contribution in [1.29, 1.82) is 0 Å². The first kappa shape index (κ1) is 29.5. The molecule has 0 saturated carbocycles. The summed E-state index contributed by atoms with van der Waals surface area (Å²) in [5.74, 6) is -2.94. The van der Waals surface area contributed by atoms with Crippen LogP contribution in [0.25, 0.3) is 5.69 Å². The van der Waals surface area contributed by atoms with E-state index in [1.807, 2.05) is 0 Å². The Hall–Kier alpha value is -4.46. The predicted octanol–water partition coefficient (Wildman–Crippen LogP) is 6.03. The van der Waals surface area contributed by atoms with Crippen molar-refractivity contribution >= 4 is 29.1 Å². The number of nitrogens with zero attached hydrogens (tertiary/aromatic N) is 4. The van der Waals surface area contributed by atoms with Crippen molar-refractivity contribution in [3.63, 3.8) is 0 Å². The van der Waals surface area contributed by atoms with Crippen LogP contribution in [0.15, 0.2) is 67.0 Å². The second kappa shape index (κ2) is 11.6. The highest BCUT2D eigenvalue weighted by Gasteiger charge is 2.35. The van der Waals surface area contributed by atoms with Gasteiger partial charge in [-0.2, -0.15) is 31.4 Å². The fraction of sp³-hybridized carbons (Fsp3) is 0.192. The molecule has 8 nitrogen and oxygen atoms in total. The smallest absolute Gasteiger partial charge is 0.350 e. The monoisotopic (exact) mass is 596 g/mol. The van der Waals surface area contributed by atoms with Crippen molar-refractivity contribution in [2.24, 2.45) is 0 Å². The van der Waals surface area contributed by atoms with Crippen molar-refractivity contribution in [1.82, 2.24) is 25.1 Å². The number of anilines is 1. The minimum absolute atomic E-state index is 0.0301. The summed E-state index contributed by atoms with van der Waals surface area (Å²) in [6.07, 6.45) is -7.12. The third-order valence-electron chi connectivity index (χ3n) is 5.82. The number of nitrogens with one attached hydrogen (secondary N) is 2. The zero-order chi connectivity index (χ0) is 29.9. The third kappa shape index (κ3) is 7.01. The highest BCUT2D eigenvalue weighted by Crippen LogP contribution is 2.34. The van der Waals surface area contributed by atoms with E-state index in [4.69, 9.17) is 11.6 Å². The van der Waals surface area contributed by atoms with Crippen LogP contribution in [0.2, 0.25) is 5.02 Å². The predicted molar refractivity (Wildman–Crippen MR) is 135 cm³/mol. The van der Waals surface area contributed by atoms with Crippen molar-refractivity contribution in [3.8, 4) is 5.69 Å². The zero-order valence-electron chi connectivity index (χ0n) is 20.9. The summed E-state index contributed by atoms with van der Waals surface area (Å²) in [7, 11) is 0. The lowest BCUT2D eigenvalue weighted by atomic mass is 10.0. The van der Waals surface area contributed by atoms with Gasteiger partial charge in [0, 0.05) is 23.0 Å². The molecule has 2 aromatic carbocycles. The highest BCUT2D eigenvalue weighted by molar-refractivity contribution is 6.30. The van der Waals surface area contributed by atoms with E-state index in [2.05, 4.69) is 25.7 Å². The van der Waals surface area contributed by atoms with Gasteiger partial charge < -0.3 is 10.6 Å². The van der Waals surface area contributed by atoms with Crippen molar-refractivity contribution in [2.75, 3.05) is 5.32 Å². The topological polar surface area (TPSA) is 102 Å². The summed E-state index contributed by atoms with van der Waals surface area (Å²) >= 11 is 5.96. The van der Waals surface area contributed by atoms with Gasteiger partial charge in [-0.15, -0.1) is 0 Å². The standard InChI is InChI=1S/C26H19ClF6N6O2/c1-14(15-11-34-22(35-12-15)24(41)37-20-8-3-2-7-19(20)25(28,29)30)23(40)36-13-18-10-21(26(31,32)33)38-39(18)17-6-4-5-16(27)9-17/h2-12,14H,13H2,1H3,(H,36,40)(H,37,41). The summed E-state index contributed by atoms with van der Waals surface area (Å²) in [5, 5.41) is 8.54. The van der Waals surface area contributed by atoms with Gasteiger partial charge in [0.15, 0.2) is 5.69 Å². The summed E-state index contributed by atoms with van der Waals surface area (Å²) in [6, 6.07) is 11.2. The molecule has 4 rings (SSSR count). The number of hydrogen-bond donors (Lipinski definition) is 2. The first-order valence-corrected chi connectivity index (χ1v) is 12.1. The fourth-order valence-corrected chi connectivity index (χ4v) is 3.88. The van der Waals surface area contributed by atoms with Crippen LogP contribution in [0.5, 0.6) is 0 Å². The van der Waals surface area contributed by atoms with Crippen LogP contribution in [-0.2, 0) is 23.7 Å². The van der Waals surface area contributed by atoms with Gasteiger partial charge in [-0.05, 0) is 43.3 Å². The lowest BCUT2D eigenvalue weighted by Gasteiger charge is -2.14. The molecule has 0 bridgehead atoms. The van der Waals surface area contributed by atoms with Crippen LogP contribution in [-0.4, -0.2) is 31.6 Å². The Bertz CT molecular complexity index is 1570. The molecule has 41 heavy (non-hydrogen) atoms. The van der Waals surface area contributed by atoms with Crippen LogP contribution < -0.4 is 10.6 Å². The van der Waals surface area contributed by atoms with Crippen LogP contribution in [0.4, 0.5) is 32.0 Å². The number of alkyl halides is 6. The van der Waals surface area contributed by atoms with E-state index in [1.165, 1.54) is 37.3 Å². The number of halogens is 7. The molecule has 2 heterocycles. The quantitative estimate of drug-likeness (QED) is 0.254. The largest absolute Gasteiger partial charge is 0.435 e. The molecule has 2 amide bonds. The maximum Gasteiger partial charge on any atom is 0.435 e. The van der Waals surface area contributed by atoms with Crippen LogP contribution >= 0.6 is 11.6 Å². The van der Waals surface area contributed by atoms with E-state index in [-0.39, 0.29) is 28.5 Å². The van der Waals surface area contributed by atoms with Crippen molar-refractivity contribution in [2.45, 2.75) is 31.7 Å². The molecule has 0 fully saturated rings. The Kier molecular flexibility index (Phi) is 8.33. The molecule has 4 aromatic rings. The molecule has 1 atom stereocenters. The van der Waals surface area contributed by atoms with E-state index >= 15 is 0 Å². The molecule has 0 radical (unpaired) electrons. The maximum absolute atomic E-state index is 13.3. The van der Waals surface area contributed by atoms with Crippen LogP contribution in [0, 0.1) is 0 Å². The average molecular weight is 597 g/mol. The van der Waals surface area contributed by atoms with Gasteiger partial charge in [0.25, 0.3) is 5.91 Å². The lowest BCUT2D eigenvalue weighted by molar-refractivity contribution is -0.141. The third-order valence-corrected chi connectivity index (χ3v) is 6.05. The SMILES string of the molecule is CC(C(=O)NCc1cc(C(F)(F)F)nn1-c1cccc(Cl)c1)c1cnc(C(=O)Nc2ccccc2C(F)(F)F)nc1. The minimum Gasteiger partial charge on any atom is -0.350 e. The van der Waals surface area contributed by atoms with E-state index in [1.54, 1.807) is 6.07 Å². The normalized spacial score (nSPS) is 12.6. The number of carbonyl (C=O) groups excluding carboxylic acids is 2. The molecule has 2 N–H and O–H groups in total. The first-order valence-electron chi connectivity index (χ1n) is 11.7. The van der Waals surface area contributed by atoms with E-state index < -0.39 is 52.9 Å². The number of carbonyl (C=O) groups is 2. The number of benzene rings is 2. The number of amides is 2. The summed E-state index contributed by atoms with van der Waals surface area (Å²) in [6.45, 7) is 1.15. The molecule has 0 aliphatic rings. The molecule has 0 saturated heterocycles. The fourth-order valence-electron chi connectivity index (χ4n) is 3.69. The Morgan fingerprint density at radius 1 is 0.951 bits per heavy atom. The Labute approximate surface area is 233 Å². The van der Waals surface area contributed by atoms with E-state index in [9.17, 15) is 35.9 Å². The summed E-state index contributed by atoms with van der Waals surface area (Å²) < 4.78 is 80.6. The van der Waals surface area contributed by atoms with Gasteiger partial charge in [0.05, 0.1) is 35.1 Å². The first-order chi connectivity index (χ1) is 19.2. The second-order valence-electron chi connectivity index (χ2n) is 8.69. The summed E-state index contributed by atoms with van der Waals surface area (Å²) in [5.41, 5.74) is -2.15. The van der Waals surface area contributed by atoms with Gasteiger partial charge >= 0.3 is 12.4 Å². The van der Waals surface area contributed by atoms with Gasteiger partial charge in [-0.3, -0.25) is 9.59 Å². The molecule has 1 unspecified atom stereocenters. The molecular formula is C26H19ClF6N6O2. The van der Waals surface area contributed by atoms with Crippen molar-refractivity contribution < 1.29 is 35.9 Å². The number of hydrogen-bond acceptors (Lipinski definition) is 5. The van der Waals surface area contributed by atoms with Gasteiger partial charge in [-0.1, -0.05) is 29.8 Å². The average Bonchev–Trinajstić information content (AvgIpc) is 3.36. The molecular weight excluding hydrogens is 578 g/mol. The molecule has 0 aliphatic heterocycles. The Morgan fingerprint density at radius 2 is 1.63 bits per heavy atom. The summed E-state index contributed by atoms with van der Waals surface area (Å²) in [4.78, 5) is 32.9. The van der Waals surface area contributed by atoms with E-state index in [0.29, 0.717) is 0 Å². The van der Waals surface area contributed by atoms with Gasteiger partial charge in [-0.25, -0.2) is 14.6 Å². The van der Waals surface area contributed by atoms with Crippen LogP contribution in [0.3, 0.4) is 0 Å². The van der Waals surface area contributed by atoms with E-state index in [0.717, 1.165) is 35.3 Å². The zero-order valence-corrected chi connectivity index (χ0v) is 21.6. The Balaban J connectivity index is 1.45. The van der Waals surface area contributed by atoms with Gasteiger partial charge in [0.1, 0.15) is 0 Å². The maximum atomic E-state index is 13.3. The van der Waals surface area contributed by atoms with Crippen molar-refractivity contribution in [3.05, 3.63) is 100 Å². The molecule has 0 spiro atoms. The minimum atomic E-state index is -4.73. The number of rotatable bonds is 7.